The lowest BCUT2D eigenvalue weighted by molar-refractivity contribution is -0.385. The molecule has 0 spiro atoms. The van der Waals surface area contributed by atoms with Gasteiger partial charge in [0.2, 0.25) is 0 Å². The van der Waals surface area contributed by atoms with Crippen molar-refractivity contribution in [1.82, 2.24) is 0 Å². The maximum absolute atomic E-state index is 13.0. The van der Waals surface area contributed by atoms with Crippen LogP contribution in [0.25, 0.3) is 0 Å². The van der Waals surface area contributed by atoms with E-state index >= 15 is 0 Å². The van der Waals surface area contributed by atoms with Gasteiger partial charge in [0, 0.05) is 29.9 Å². The number of nitrogens with one attached hydrogen (secondary N) is 1. The zero-order valence-electron chi connectivity index (χ0n) is 11.4. The summed E-state index contributed by atoms with van der Waals surface area (Å²) in [6, 6.07) is 8.12. The minimum Gasteiger partial charge on any atom is -0.384 e. The molecule has 0 radical (unpaired) electrons. The van der Waals surface area contributed by atoms with Crippen LogP contribution in [0.1, 0.15) is 11.1 Å². The van der Waals surface area contributed by atoms with Crippen molar-refractivity contribution >= 4 is 11.4 Å². The van der Waals surface area contributed by atoms with Crippen molar-refractivity contribution in [2.75, 3.05) is 11.9 Å². The molecule has 0 saturated carbocycles. The quantitative estimate of drug-likeness (QED) is 0.673. The molecule has 0 atom stereocenters. The summed E-state index contributed by atoms with van der Waals surface area (Å²) in [7, 11) is 0. The third-order valence-electron chi connectivity index (χ3n) is 3.15. The topological polar surface area (TPSA) is 55.2 Å². The number of nitro groups is 1. The van der Waals surface area contributed by atoms with E-state index in [2.05, 4.69) is 5.32 Å². The van der Waals surface area contributed by atoms with Gasteiger partial charge in [-0.1, -0.05) is 6.07 Å². The average molecular weight is 292 g/mol. The molecule has 0 fully saturated rings. The minimum atomic E-state index is -0.614. The van der Waals surface area contributed by atoms with Crippen LogP contribution in [0.5, 0.6) is 0 Å². The Labute approximate surface area is 120 Å². The molecule has 0 amide bonds. The highest BCUT2D eigenvalue weighted by atomic mass is 19.1. The summed E-state index contributed by atoms with van der Waals surface area (Å²) in [5, 5.41) is 13.9. The highest BCUT2D eigenvalue weighted by Crippen LogP contribution is 2.24. The van der Waals surface area contributed by atoms with Crippen LogP contribution in [0, 0.1) is 28.7 Å². The molecule has 2 rings (SSSR count). The Hall–Kier alpha value is -2.50. The highest BCUT2D eigenvalue weighted by molar-refractivity contribution is 5.59. The second kappa shape index (κ2) is 6.30. The van der Waals surface area contributed by atoms with Crippen molar-refractivity contribution in [2.24, 2.45) is 0 Å². The molecule has 0 saturated heterocycles. The largest absolute Gasteiger partial charge is 0.384 e. The molecule has 0 aliphatic heterocycles. The molecule has 1 N–H and O–H groups in total. The molecule has 0 aliphatic carbocycles. The molecule has 0 unspecified atom stereocenters. The zero-order valence-corrected chi connectivity index (χ0v) is 11.4. The number of hydrogen-bond acceptors (Lipinski definition) is 3. The van der Waals surface area contributed by atoms with Gasteiger partial charge < -0.3 is 5.32 Å². The van der Waals surface area contributed by atoms with Crippen LogP contribution in [0.3, 0.4) is 0 Å². The van der Waals surface area contributed by atoms with E-state index in [0.29, 0.717) is 29.8 Å². The van der Waals surface area contributed by atoms with Gasteiger partial charge in [-0.05, 0) is 37.1 Å². The van der Waals surface area contributed by atoms with E-state index < -0.39 is 16.6 Å². The molecule has 0 heterocycles. The van der Waals surface area contributed by atoms with Crippen molar-refractivity contribution in [3.05, 3.63) is 69.3 Å². The number of nitrogens with zero attached hydrogens (tertiary/aromatic N) is 1. The molecule has 0 bridgehead atoms. The molecule has 0 aromatic heterocycles. The van der Waals surface area contributed by atoms with Gasteiger partial charge >= 0.3 is 0 Å². The smallest absolute Gasteiger partial charge is 0.274 e. The highest BCUT2D eigenvalue weighted by Gasteiger charge is 2.12. The Morgan fingerprint density at radius 2 is 1.86 bits per heavy atom. The first kappa shape index (κ1) is 14.9. The second-order valence-corrected chi connectivity index (χ2v) is 4.66. The summed E-state index contributed by atoms with van der Waals surface area (Å²) < 4.78 is 26.1. The first-order chi connectivity index (χ1) is 9.97. The van der Waals surface area contributed by atoms with Crippen LogP contribution in [0.4, 0.5) is 20.2 Å². The second-order valence-electron chi connectivity index (χ2n) is 4.66. The van der Waals surface area contributed by atoms with Crippen molar-refractivity contribution in [2.45, 2.75) is 13.3 Å². The maximum Gasteiger partial charge on any atom is 0.274 e. The van der Waals surface area contributed by atoms with Gasteiger partial charge in [0.25, 0.3) is 5.69 Å². The third-order valence-corrected chi connectivity index (χ3v) is 3.15. The standard InChI is InChI=1S/C15H14F2N2O2/c1-10-14(3-2-4-15(10)19(20)21)18-6-5-11-7-12(16)9-13(17)8-11/h2-4,7-9,18H,5-6H2,1H3. The summed E-state index contributed by atoms with van der Waals surface area (Å²) in [4.78, 5) is 10.4. The molecule has 0 aliphatic rings. The van der Waals surface area contributed by atoms with Crippen LogP contribution in [0.2, 0.25) is 0 Å². The first-order valence-corrected chi connectivity index (χ1v) is 6.40. The maximum atomic E-state index is 13.0. The van der Waals surface area contributed by atoms with E-state index in [1.807, 2.05) is 0 Å². The predicted molar refractivity (Wildman–Crippen MR) is 76.4 cm³/mol. The number of rotatable bonds is 5. The summed E-state index contributed by atoms with van der Waals surface area (Å²) >= 11 is 0. The normalized spacial score (nSPS) is 10.4. The van der Waals surface area contributed by atoms with E-state index in [4.69, 9.17) is 0 Å². The Morgan fingerprint density at radius 3 is 2.48 bits per heavy atom. The lowest BCUT2D eigenvalue weighted by atomic mass is 10.1. The van der Waals surface area contributed by atoms with Gasteiger partial charge in [-0.3, -0.25) is 10.1 Å². The van der Waals surface area contributed by atoms with Crippen molar-refractivity contribution in [1.29, 1.82) is 0 Å². The molecular weight excluding hydrogens is 278 g/mol. The molecule has 21 heavy (non-hydrogen) atoms. The first-order valence-electron chi connectivity index (χ1n) is 6.40. The van der Waals surface area contributed by atoms with Crippen LogP contribution in [-0.2, 0) is 6.42 Å². The van der Waals surface area contributed by atoms with Crippen LogP contribution < -0.4 is 5.32 Å². The number of nitro benzene ring substituents is 1. The summed E-state index contributed by atoms with van der Waals surface area (Å²) in [5.41, 5.74) is 1.74. The Morgan fingerprint density at radius 1 is 1.19 bits per heavy atom. The number of hydrogen-bond donors (Lipinski definition) is 1. The van der Waals surface area contributed by atoms with Crippen molar-refractivity contribution in [3.63, 3.8) is 0 Å². The summed E-state index contributed by atoms with van der Waals surface area (Å²) in [5.74, 6) is -1.23. The predicted octanol–water partition coefficient (Wildman–Crippen LogP) is 3.84. The molecule has 2 aromatic carbocycles. The Balaban J connectivity index is 2.04. The average Bonchev–Trinajstić information content (AvgIpc) is 2.39. The third kappa shape index (κ3) is 3.75. The monoisotopic (exact) mass is 292 g/mol. The van der Waals surface area contributed by atoms with Crippen LogP contribution in [-0.4, -0.2) is 11.5 Å². The van der Waals surface area contributed by atoms with E-state index in [1.54, 1.807) is 19.1 Å². The Kier molecular flexibility index (Phi) is 4.47. The fraction of sp³-hybridized carbons (Fsp3) is 0.200. The SMILES string of the molecule is Cc1c(NCCc2cc(F)cc(F)c2)cccc1[N+](=O)[O-]. The van der Waals surface area contributed by atoms with Crippen LogP contribution >= 0.6 is 0 Å². The fourth-order valence-electron chi connectivity index (χ4n) is 2.11. The molecular formula is C15H14F2N2O2. The van der Waals surface area contributed by atoms with Gasteiger partial charge in [-0.15, -0.1) is 0 Å². The van der Waals surface area contributed by atoms with Gasteiger partial charge in [-0.25, -0.2) is 8.78 Å². The molecule has 110 valence electrons. The number of anilines is 1. The van der Waals surface area contributed by atoms with E-state index in [-0.39, 0.29) is 5.69 Å². The summed E-state index contributed by atoms with van der Waals surface area (Å²) in [6.07, 6.45) is 0.414. The lowest BCUT2D eigenvalue weighted by Gasteiger charge is -2.09. The zero-order chi connectivity index (χ0) is 15.4. The van der Waals surface area contributed by atoms with E-state index in [1.165, 1.54) is 18.2 Å². The van der Waals surface area contributed by atoms with Crippen molar-refractivity contribution in [3.8, 4) is 0 Å². The van der Waals surface area contributed by atoms with Gasteiger partial charge in [-0.2, -0.15) is 0 Å². The Bertz CT molecular complexity index is 654. The van der Waals surface area contributed by atoms with Crippen molar-refractivity contribution < 1.29 is 13.7 Å². The molecule has 4 nitrogen and oxygen atoms in total. The summed E-state index contributed by atoms with van der Waals surface area (Å²) in [6.45, 7) is 2.08. The van der Waals surface area contributed by atoms with Gasteiger partial charge in [0.05, 0.1) is 4.92 Å². The lowest BCUT2D eigenvalue weighted by Crippen LogP contribution is -2.07. The van der Waals surface area contributed by atoms with Crippen LogP contribution in [0.15, 0.2) is 36.4 Å². The minimum absolute atomic E-state index is 0.0387. The number of benzene rings is 2. The van der Waals surface area contributed by atoms with E-state index in [0.717, 1.165) is 6.07 Å². The fourth-order valence-corrected chi connectivity index (χ4v) is 2.11. The van der Waals surface area contributed by atoms with E-state index in [9.17, 15) is 18.9 Å². The van der Waals surface area contributed by atoms with Gasteiger partial charge in [0.15, 0.2) is 0 Å². The number of halogens is 2. The van der Waals surface area contributed by atoms with Gasteiger partial charge in [0.1, 0.15) is 11.6 Å². The molecule has 6 heteroatoms. The molecule has 2 aromatic rings.